The van der Waals surface area contributed by atoms with Gasteiger partial charge >= 0.3 is 0 Å². The van der Waals surface area contributed by atoms with E-state index in [9.17, 15) is 13.0 Å². The largest absolute Gasteiger partial charge is 0.744 e. The fraction of sp³-hybridized carbons (Fsp3) is 0.125. The van der Waals surface area contributed by atoms with Crippen molar-refractivity contribution in [3.05, 3.63) is 34.9 Å². The van der Waals surface area contributed by atoms with Gasteiger partial charge in [0.2, 0.25) is 0 Å². The zero-order valence-corrected chi connectivity index (χ0v) is 7.47. The topological polar surface area (TPSA) is 71.2 Å². The highest BCUT2D eigenvalue weighted by atomic mass is 32.2. The Morgan fingerprint density at radius 2 is 2.15 bits per heavy atom. The molecule has 13 heavy (non-hydrogen) atoms. The number of nitrogens with one attached hydrogen (secondary N) is 1. The van der Waals surface area contributed by atoms with Crippen LogP contribution in [0.25, 0.3) is 0 Å². The average molecular weight is 197 g/mol. The van der Waals surface area contributed by atoms with Gasteiger partial charge in [0.1, 0.15) is 10.1 Å². The Morgan fingerprint density at radius 3 is 2.85 bits per heavy atom. The minimum absolute atomic E-state index is 0.0811. The molecular formula is C8H7NO3S. The molecule has 1 N–H and O–H groups in total. The fourth-order valence-corrected chi connectivity index (χ4v) is 1.87. The van der Waals surface area contributed by atoms with E-state index in [-0.39, 0.29) is 11.3 Å². The Hall–Kier alpha value is -1.20. The molecule has 2 aliphatic rings. The fourth-order valence-electron chi connectivity index (χ4n) is 1.31. The van der Waals surface area contributed by atoms with E-state index in [4.69, 9.17) is 0 Å². The van der Waals surface area contributed by atoms with Crippen LogP contribution in [0, 0.1) is 0 Å². The SMILES string of the molecule is O=S(=O)([O-])C1=CC=C2C=C[NH+]=C2C1. The van der Waals surface area contributed by atoms with Crippen molar-refractivity contribution >= 4 is 15.8 Å². The second-order valence-corrected chi connectivity index (χ2v) is 4.27. The van der Waals surface area contributed by atoms with Crippen LogP contribution in [-0.2, 0) is 10.1 Å². The molecule has 68 valence electrons. The highest BCUT2D eigenvalue weighted by Crippen LogP contribution is 2.19. The summed E-state index contributed by atoms with van der Waals surface area (Å²) in [4.78, 5) is 2.80. The third-order valence-corrected chi connectivity index (χ3v) is 2.91. The molecule has 1 aliphatic heterocycles. The lowest BCUT2D eigenvalue weighted by Crippen LogP contribution is -2.64. The Labute approximate surface area is 75.7 Å². The van der Waals surface area contributed by atoms with Gasteiger partial charge in [-0.3, -0.25) is 0 Å². The van der Waals surface area contributed by atoms with Gasteiger partial charge in [0.25, 0.3) is 0 Å². The van der Waals surface area contributed by atoms with Crippen molar-refractivity contribution < 1.29 is 18.0 Å². The van der Waals surface area contributed by atoms with E-state index in [2.05, 4.69) is 4.99 Å². The molecule has 1 aliphatic carbocycles. The summed E-state index contributed by atoms with van der Waals surface area (Å²) in [5, 5.41) is 0. The van der Waals surface area contributed by atoms with Crippen LogP contribution in [0.5, 0.6) is 0 Å². The van der Waals surface area contributed by atoms with E-state index in [1.165, 1.54) is 6.08 Å². The first-order valence-corrected chi connectivity index (χ1v) is 5.14. The van der Waals surface area contributed by atoms with Crippen molar-refractivity contribution in [2.75, 3.05) is 0 Å². The molecule has 0 bridgehead atoms. The molecule has 0 fully saturated rings. The standard InChI is InChI=1S/C8H7NO3S/c10-13(11,12)7-2-1-6-3-4-9-8(6)5-7/h1-4H,5H2,(H,10,11,12). The van der Waals surface area contributed by atoms with Gasteiger partial charge in [-0.05, 0) is 12.2 Å². The molecule has 4 nitrogen and oxygen atoms in total. The van der Waals surface area contributed by atoms with Crippen LogP contribution >= 0.6 is 0 Å². The first-order valence-electron chi connectivity index (χ1n) is 3.73. The molecule has 0 aromatic carbocycles. The Morgan fingerprint density at radius 1 is 1.38 bits per heavy atom. The molecule has 5 heteroatoms. The second kappa shape index (κ2) is 2.65. The summed E-state index contributed by atoms with van der Waals surface area (Å²) in [5.41, 5.74) is 1.71. The maximum Gasteiger partial charge on any atom is 0.192 e. The summed E-state index contributed by atoms with van der Waals surface area (Å²) >= 11 is 0. The normalized spacial score (nSPS) is 20.5. The highest BCUT2D eigenvalue weighted by molar-refractivity contribution is 7.89. The van der Waals surface area contributed by atoms with Crippen LogP contribution in [0.2, 0.25) is 0 Å². The van der Waals surface area contributed by atoms with Crippen LogP contribution in [-0.4, -0.2) is 18.7 Å². The van der Waals surface area contributed by atoms with Gasteiger partial charge < -0.3 is 4.55 Å². The number of fused-ring (bicyclic) bond motifs is 1. The Bertz CT molecular complexity index is 466. The van der Waals surface area contributed by atoms with Crippen LogP contribution < -0.4 is 4.99 Å². The summed E-state index contributed by atoms with van der Waals surface area (Å²) in [6.45, 7) is 0. The van der Waals surface area contributed by atoms with Gasteiger partial charge in [-0.15, -0.1) is 0 Å². The van der Waals surface area contributed by atoms with Crippen molar-refractivity contribution in [3.63, 3.8) is 0 Å². The molecule has 0 spiro atoms. The molecule has 0 saturated heterocycles. The van der Waals surface area contributed by atoms with Crippen molar-refractivity contribution in [2.45, 2.75) is 6.42 Å². The molecule has 0 unspecified atom stereocenters. The molecule has 2 rings (SSSR count). The van der Waals surface area contributed by atoms with Crippen LogP contribution in [0.4, 0.5) is 0 Å². The summed E-state index contributed by atoms with van der Waals surface area (Å²) in [6.07, 6.45) is 6.71. The molecule has 0 aromatic rings. The van der Waals surface area contributed by atoms with E-state index >= 15 is 0 Å². The molecule has 1 heterocycles. The van der Waals surface area contributed by atoms with Crippen LogP contribution in [0.3, 0.4) is 0 Å². The van der Waals surface area contributed by atoms with Gasteiger partial charge in [-0.2, -0.15) is 0 Å². The Kier molecular flexibility index (Phi) is 1.71. The lowest BCUT2D eigenvalue weighted by molar-refractivity contribution is -0.369. The molecule has 0 saturated carbocycles. The lowest BCUT2D eigenvalue weighted by atomic mass is 10.0. The molecule has 0 atom stereocenters. The van der Waals surface area contributed by atoms with Gasteiger partial charge in [-0.1, -0.05) is 0 Å². The predicted octanol–water partition coefficient (Wildman–Crippen LogP) is -1.21. The quantitative estimate of drug-likeness (QED) is 0.536. The van der Waals surface area contributed by atoms with E-state index in [1.807, 2.05) is 6.08 Å². The Balaban J connectivity index is 2.42. The minimum atomic E-state index is -4.29. The number of allylic oxidation sites excluding steroid dienone is 5. The van der Waals surface area contributed by atoms with E-state index < -0.39 is 10.1 Å². The zero-order valence-electron chi connectivity index (χ0n) is 6.65. The summed E-state index contributed by atoms with van der Waals surface area (Å²) in [5.74, 6) is 0. The summed E-state index contributed by atoms with van der Waals surface area (Å²) in [6, 6.07) is 0. The molecular weight excluding hydrogens is 190 g/mol. The number of hydrogen-bond donors (Lipinski definition) is 1. The monoisotopic (exact) mass is 197 g/mol. The summed E-state index contributed by atoms with van der Waals surface area (Å²) < 4.78 is 32.0. The van der Waals surface area contributed by atoms with Crippen LogP contribution in [0.1, 0.15) is 6.42 Å². The molecule has 0 radical (unpaired) electrons. The molecule has 0 amide bonds. The highest BCUT2D eigenvalue weighted by Gasteiger charge is 2.22. The smallest absolute Gasteiger partial charge is 0.192 e. The van der Waals surface area contributed by atoms with Gasteiger partial charge in [0.15, 0.2) is 11.9 Å². The second-order valence-electron chi connectivity index (χ2n) is 2.84. The van der Waals surface area contributed by atoms with E-state index in [1.54, 1.807) is 12.3 Å². The van der Waals surface area contributed by atoms with E-state index in [0.717, 1.165) is 11.3 Å². The van der Waals surface area contributed by atoms with Gasteiger partial charge in [0, 0.05) is 16.6 Å². The van der Waals surface area contributed by atoms with Crippen LogP contribution in [0.15, 0.2) is 34.9 Å². The van der Waals surface area contributed by atoms with Crippen molar-refractivity contribution in [2.24, 2.45) is 0 Å². The first kappa shape index (κ1) is 8.40. The predicted molar refractivity (Wildman–Crippen MR) is 45.6 cm³/mol. The lowest BCUT2D eigenvalue weighted by Gasteiger charge is -2.12. The third-order valence-electron chi connectivity index (χ3n) is 1.99. The zero-order chi connectivity index (χ0) is 9.47. The molecule has 0 aromatic heterocycles. The maximum atomic E-state index is 10.7. The minimum Gasteiger partial charge on any atom is -0.744 e. The number of rotatable bonds is 1. The van der Waals surface area contributed by atoms with Gasteiger partial charge in [-0.25, -0.2) is 13.4 Å². The van der Waals surface area contributed by atoms with Gasteiger partial charge in [0.05, 0.1) is 6.42 Å². The maximum absolute atomic E-state index is 10.7. The van der Waals surface area contributed by atoms with Crippen molar-refractivity contribution in [3.8, 4) is 0 Å². The number of hydrogen-bond acceptors (Lipinski definition) is 3. The average Bonchev–Trinajstić information content (AvgIpc) is 2.47. The van der Waals surface area contributed by atoms with E-state index in [0.29, 0.717) is 0 Å². The van der Waals surface area contributed by atoms with Crippen molar-refractivity contribution in [1.82, 2.24) is 0 Å². The third kappa shape index (κ3) is 1.48. The first-order chi connectivity index (χ1) is 6.07. The van der Waals surface area contributed by atoms with Crippen molar-refractivity contribution in [1.29, 1.82) is 0 Å². The summed E-state index contributed by atoms with van der Waals surface area (Å²) in [7, 11) is -4.29.